The van der Waals surface area contributed by atoms with Gasteiger partial charge in [0.05, 0.1) is 11.8 Å². The molecule has 6 nitrogen and oxygen atoms in total. The summed E-state index contributed by atoms with van der Waals surface area (Å²) in [6.07, 6.45) is 11.6. The number of fused-ring (bicyclic) bond motifs is 2. The highest BCUT2D eigenvalue weighted by atomic mass is 16.5. The van der Waals surface area contributed by atoms with Crippen molar-refractivity contribution >= 4 is 23.5 Å². The lowest BCUT2D eigenvalue weighted by Crippen LogP contribution is -2.38. The normalized spacial score (nSPS) is 39.2. The largest absolute Gasteiger partial charge is 0.460 e. The second-order valence-corrected chi connectivity index (χ2v) is 11.9. The maximum atomic E-state index is 13.2. The van der Waals surface area contributed by atoms with Crippen LogP contribution in [0.1, 0.15) is 66.2 Å². The minimum absolute atomic E-state index is 0.0151. The second-order valence-electron chi connectivity index (χ2n) is 11.9. The van der Waals surface area contributed by atoms with Crippen molar-refractivity contribution < 1.29 is 28.7 Å². The van der Waals surface area contributed by atoms with Crippen LogP contribution in [0.4, 0.5) is 0 Å². The predicted molar refractivity (Wildman–Crippen MR) is 133 cm³/mol. The van der Waals surface area contributed by atoms with Crippen LogP contribution < -0.4 is 0 Å². The van der Waals surface area contributed by atoms with Crippen molar-refractivity contribution in [3.63, 3.8) is 0 Å². The Balaban J connectivity index is 1.52. The summed E-state index contributed by atoms with van der Waals surface area (Å²) >= 11 is 0. The van der Waals surface area contributed by atoms with Crippen LogP contribution >= 0.6 is 0 Å². The summed E-state index contributed by atoms with van der Waals surface area (Å²) in [6.45, 7) is 7.90. The van der Waals surface area contributed by atoms with Gasteiger partial charge in [-0.2, -0.15) is 0 Å². The standard InChI is InChI=1S/C30H36O6/c1-17-19-5-9-29(3)11-7-26(32)22(23(29)13-19)16-36-28(34)18(2)20-6-10-30(4)12-8-25(31)21(24(30)14-20)15-35-27(17)33/h7-8,11-12,17-20H,5-6,9-10,13-16H2,1-4H3/t17-,18+,19-,20+,29-,30-/m1/s1. The second kappa shape index (κ2) is 8.97. The van der Waals surface area contributed by atoms with Crippen LogP contribution in [-0.2, 0) is 28.7 Å². The molecule has 0 aromatic rings. The number of carbonyl (C=O) groups excluding carboxylic acids is 4. The van der Waals surface area contributed by atoms with Crippen LogP contribution in [0.15, 0.2) is 46.6 Å². The van der Waals surface area contributed by atoms with Crippen LogP contribution in [0.3, 0.4) is 0 Å². The van der Waals surface area contributed by atoms with E-state index in [9.17, 15) is 19.2 Å². The van der Waals surface area contributed by atoms with Crippen LogP contribution in [-0.4, -0.2) is 36.7 Å². The first-order valence-corrected chi connectivity index (χ1v) is 13.3. The topological polar surface area (TPSA) is 86.7 Å². The van der Waals surface area contributed by atoms with Gasteiger partial charge in [0.2, 0.25) is 0 Å². The van der Waals surface area contributed by atoms with Crippen LogP contribution in [0.25, 0.3) is 0 Å². The minimum Gasteiger partial charge on any atom is -0.460 e. The molecule has 192 valence electrons. The van der Waals surface area contributed by atoms with Gasteiger partial charge in [0.25, 0.3) is 0 Å². The van der Waals surface area contributed by atoms with Crippen molar-refractivity contribution in [2.24, 2.45) is 34.5 Å². The number of esters is 2. The average molecular weight is 493 g/mol. The Bertz CT molecular complexity index is 1060. The van der Waals surface area contributed by atoms with Gasteiger partial charge in [0, 0.05) is 22.0 Å². The zero-order chi connectivity index (χ0) is 25.8. The Kier molecular flexibility index (Phi) is 6.20. The Hall–Kier alpha value is -2.76. The summed E-state index contributed by atoms with van der Waals surface area (Å²) < 4.78 is 11.6. The molecule has 0 saturated heterocycles. The fourth-order valence-corrected chi connectivity index (χ4v) is 6.89. The number of hydrogen-bond acceptors (Lipinski definition) is 6. The van der Waals surface area contributed by atoms with Gasteiger partial charge in [-0.15, -0.1) is 0 Å². The first-order chi connectivity index (χ1) is 17.0. The molecule has 4 aliphatic carbocycles. The number of cyclic esters (lactones) is 2. The van der Waals surface area contributed by atoms with Crippen molar-refractivity contribution in [3.05, 3.63) is 46.6 Å². The van der Waals surface area contributed by atoms with E-state index in [2.05, 4.69) is 13.8 Å². The van der Waals surface area contributed by atoms with Gasteiger partial charge in [-0.3, -0.25) is 19.2 Å². The molecule has 0 amide bonds. The zero-order valence-corrected chi connectivity index (χ0v) is 21.7. The molecule has 0 unspecified atom stereocenters. The fraction of sp³-hybridized carbons (Fsp3) is 0.600. The quantitative estimate of drug-likeness (QED) is 0.450. The summed E-state index contributed by atoms with van der Waals surface area (Å²) in [4.78, 5) is 52.1. The van der Waals surface area contributed by atoms with E-state index >= 15 is 0 Å². The van der Waals surface area contributed by atoms with E-state index in [0.717, 1.165) is 36.8 Å². The molecule has 1 aliphatic heterocycles. The molecule has 1 heterocycles. The van der Waals surface area contributed by atoms with E-state index in [1.54, 1.807) is 12.2 Å². The SMILES string of the molecule is C[C@@H]1C(=O)OCC2=C3C[C@@H](CC[C@]3(C)C=CC2=O)[C@@H](C)C(=O)OCC2=C3C[C@@H]1CC[C@]3(C)C=CC2=O. The zero-order valence-electron chi connectivity index (χ0n) is 21.7. The molecule has 2 saturated carbocycles. The van der Waals surface area contributed by atoms with Gasteiger partial charge >= 0.3 is 11.9 Å². The Labute approximate surface area is 212 Å². The van der Waals surface area contributed by atoms with Crippen molar-refractivity contribution in [1.29, 1.82) is 0 Å². The Morgan fingerprint density at radius 3 is 1.47 bits per heavy atom. The monoisotopic (exact) mass is 492 g/mol. The molecule has 0 aromatic carbocycles. The maximum absolute atomic E-state index is 13.2. The summed E-state index contributed by atoms with van der Waals surface area (Å²) in [5, 5.41) is 0. The molecule has 0 aromatic heterocycles. The third-order valence-electron chi connectivity index (χ3n) is 9.78. The predicted octanol–water partition coefficient (Wildman–Crippen LogP) is 4.84. The first-order valence-electron chi connectivity index (χ1n) is 13.3. The smallest absolute Gasteiger partial charge is 0.309 e. The number of carbonyl (C=O) groups is 4. The van der Waals surface area contributed by atoms with E-state index < -0.39 is 0 Å². The van der Waals surface area contributed by atoms with Crippen LogP contribution in [0.5, 0.6) is 0 Å². The third-order valence-corrected chi connectivity index (χ3v) is 9.78. The maximum Gasteiger partial charge on any atom is 0.309 e. The third kappa shape index (κ3) is 4.12. The van der Waals surface area contributed by atoms with E-state index in [1.807, 2.05) is 26.0 Å². The fourth-order valence-electron chi connectivity index (χ4n) is 6.89. The molecule has 5 rings (SSSR count). The molecule has 2 fully saturated rings. The highest BCUT2D eigenvalue weighted by Crippen LogP contribution is 2.51. The number of hydrogen-bond donors (Lipinski definition) is 0. The lowest BCUT2D eigenvalue weighted by atomic mass is 9.62. The molecule has 6 atom stereocenters. The van der Waals surface area contributed by atoms with Crippen LogP contribution in [0, 0.1) is 34.5 Å². The molecule has 0 N–H and O–H groups in total. The lowest BCUT2D eigenvalue weighted by molar-refractivity contribution is -0.149. The van der Waals surface area contributed by atoms with Gasteiger partial charge < -0.3 is 9.47 Å². The van der Waals surface area contributed by atoms with E-state index in [-0.39, 0.29) is 71.2 Å². The average Bonchev–Trinajstić information content (AvgIpc) is 2.86. The number of ether oxygens (including phenoxy) is 2. The number of rotatable bonds is 0. The molecule has 0 radical (unpaired) electrons. The highest BCUT2D eigenvalue weighted by Gasteiger charge is 2.44. The molecule has 36 heavy (non-hydrogen) atoms. The van der Waals surface area contributed by atoms with Gasteiger partial charge in [-0.1, -0.05) is 39.8 Å². The molecule has 5 aliphatic rings. The van der Waals surface area contributed by atoms with E-state index in [4.69, 9.17) is 9.47 Å². The molecular weight excluding hydrogens is 456 g/mol. The lowest BCUT2D eigenvalue weighted by Gasteiger charge is -2.43. The van der Waals surface area contributed by atoms with Crippen molar-refractivity contribution in [1.82, 2.24) is 0 Å². The summed E-state index contributed by atoms with van der Waals surface area (Å²) in [7, 11) is 0. The van der Waals surface area contributed by atoms with E-state index in [0.29, 0.717) is 24.0 Å². The number of ketones is 2. The minimum atomic E-state index is -0.370. The van der Waals surface area contributed by atoms with Gasteiger partial charge in [0.1, 0.15) is 13.2 Å². The Morgan fingerprint density at radius 2 is 1.08 bits per heavy atom. The molecular formula is C30H36O6. The highest BCUT2D eigenvalue weighted by molar-refractivity contribution is 6.07. The van der Waals surface area contributed by atoms with Crippen molar-refractivity contribution in [2.75, 3.05) is 13.2 Å². The molecule has 4 bridgehead atoms. The van der Waals surface area contributed by atoms with Gasteiger partial charge in [-0.05, 0) is 73.7 Å². The van der Waals surface area contributed by atoms with Crippen molar-refractivity contribution in [2.45, 2.75) is 66.2 Å². The number of allylic oxidation sites excluding steroid dienone is 6. The van der Waals surface area contributed by atoms with Gasteiger partial charge in [0.15, 0.2) is 11.6 Å². The first kappa shape index (κ1) is 24.9. The van der Waals surface area contributed by atoms with E-state index in [1.165, 1.54) is 0 Å². The summed E-state index contributed by atoms with van der Waals surface area (Å²) in [5.41, 5.74) is 2.51. The van der Waals surface area contributed by atoms with Gasteiger partial charge in [-0.25, -0.2) is 0 Å². The Morgan fingerprint density at radius 1 is 0.694 bits per heavy atom. The van der Waals surface area contributed by atoms with Crippen molar-refractivity contribution in [3.8, 4) is 0 Å². The summed E-state index contributed by atoms with van der Waals surface area (Å²) in [5.74, 6) is -1.55. The molecule has 0 spiro atoms. The van der Waals surface area contributed by atoms with Crippen LogP contribution in [0.2, 0.25) is 0 Å². The summed E-state index contributed by atoms with van der Waals surface area (Å²) in [6, 6.07) is 0. The molecule has 6 heteroatoms.